The Balaban J connectivity index is 1.44. The molecule has 136 valence electrons. The van der Waals surface area contributed by atoms with E-state index in [2.05, 4.69) is 32.3 Å². The van der Waals surface area contributed by atoms with Crippen LogP contribution in [0.2, 0.25) is 0 Å². The molecule has 5 nitrogen and oxygen atoms in total. The minimum Gasteiger partial charge on any atom is -0.347 e. The second-order valence-electron chi connectivity index (χ2n) is 6.45. The molecule has 1 N–H and O–H groups in total. The molecule has 0 saturated carbocycles. The van der Waals surface area contributed by atoms with Crippen molar-refractivity contribution in [3.8, 4) is 0 Å². The number of fused-ring (bicyclic) bond motifs is 1. The topological polar surface area (TPSA) is 58.1 Å². The maximum Gasteiger partial charge on any atom is 0.271 e. The molecule has 1 aliphatic heterocycles. The number of amides is 1. The summed E-state index contributed by atoms with van der Waals surface area (Å²) >= 11 is 0. The largest absolute Gasteiger partial charge is 0.347 e. The van der Waals surface area contributed by atoms with E-state index in [0.717, 1.165) is 36.5 Å². The fraction of sp³-hybridized carbons (Fsp3) is 0.190. The predicted molar refractivity (Wildman–Crippen MR) is 101 cm³/mol. The fourth-order valence-electron chi connectivity index (χ4n) is 3.22. The molecular weight excluding hydrogens is 343 g/mol. The maximum atomic E-state index is 12.9. The number of hydrogen-bond acceptors (Lipinski definition) is 4. The van der Waals surface area contributed by atoms with E-state index in [0.29, 0.717) is 6.54 Å². The van der Waals surface area contributed by atoms with Crippen LogP contribution < -0.4 is 10.2 Å². The van der Waals surface area contributed by atoms with Gasteiger partial charge in [-0.2, -0.15) is 0 Å². The van der Waals surface area contributed by atoms with Gasteiger partial charge in [-0.25, -0.2) is 14.4 Å². The molecule has 2 heterocycles. The van der Waals surface area contributed by atoms with Crippen LogP contribution in [0.4, 0.5) is 15.9 Å². The van der Waals surface area contributed by atoms with Crippen molar-refractivity contribution in [2.24, 2.45) is 0 Å². The monoisotopic (exact) mass is 362 g/mol. The first-order chi connectivity index (χ1) is 13.2. The van der Waals surface area contributed by atoms with Crippen LogP contribution in [0.5, 0.6) is 0 Å². The molecule has 27 heavy (non-hydrogen) atoms. The lowest BCUT2D eigenvalue weighted by atomic mass is 10.0. The van der Waals surface area contributed by atoms with E-state index < -0.39 is 0 Å². The van der Waals surface area contributed by atoms with Gasteiger partial charge in [0.05, 0.1) is 12.4 Å². The van der Waals surface area contributed by atoms with Gasteiger partial charge in [-0.1, -0.05) is 30.3 Å². The number of rotatable bonds is 4. The third-order valence-corrected chi connectivity index (χ3v) is 4.62. The van der Waals surface area contributed by atoms with Gasteiger partial charge in [0.25, 0.3) is 5.91 Å². The van der Waals surface area contributed by atoms with Gasteiger partial charge >= 0.3 is 0 Å². The zero-order valence-corrected chi connectivity index (χ0v) is 14.7. The van der Waals surface area contributed by atoms with Crippen molar-refractivity contribution in [1.29, 1.82) is 0 Å². The number of para-hydroxylation sites is 1. The number of nitrogens with one attached hydrogen (secondary N) is 1. The van der Waals surface area contributed by atoms with Crippen molar-refractivity contribution >= 4 is 17.4 Å². The highest BCUT2D eigenvalue weighted by molar-refractivity contribution is 5.92. The number of halogens is 1. The normalized spacial score (nSPS) is 13.1. The Hall–Kier alpha value is -3.28. The van der Waals surface area contributed by atoms with Gasteiger partial charge in [0.15, 0.2) is 5.82 Å². The lowest BCUT2D eigenvalue weighted by molar-refractivity contribution is 0.0945. The third kappa shape index (κ3) is 3.79. The van der Waals surface area contributed by atoms with Crippen LogP contribution in [-0.2, 0) is 13.0 Å². The molecule has 0 saturated heterocycles. The first kappa shape index (κ1) is 17.1. The fourth-order valence-corrected chi connectivity index (χ4v) is 3.22. The minimum absolute atomic E-state index is 0.256. The minimum atomic E-state index is -0.308. The quantitative estimate of drug-likeness (QED) is 0.770. The maximum absolute atomic E-state index is 12.9. The number of nitrogens with zero attached hydrogens (tertiary/aromatic N) is 3. The van der Waals surface area contributed by atoms with Crippen LogP contribution in [-0.4, -0.2) is 22.4 Å². The van der Waals surface area contributed by atoms with E-state index in [-0.39, 0.29) is 17.4 Å². The van der Waals surface area contributed by atoms with Crippen molar-refractivity contribution in [2.75, 3.05) is 11.4 Å². The highest BCUT2D eigenvalue weighted by atomic mass is 19.1. The van der Waals surface area contributed by atoms with Gasteiger partial charge < -0.3 is 10.2 Å². The number of carbonyl (C=O) groups excluding carboxylic acids is 1. The first-order valence-electron chi connectivity index (χ1n) is 8.91. The number of carbonyl (C=O) groups is 1. The van der Waals surface area contributed by atoms with E-state index >= 15 is 0 Å². The van der Waals surface area contributed by atoms with E-state index in [1.54, 1.807) is 18.3 Å². The second kappa shape index (κ2) is 7.53. The lowest BCUT2D eigenvalue weighted by Crippen LogP contribution is -2.27. The van der Waals surface area contributed by atoms with Gasteiger partial charge in [0.1, 0.15) is 11.5 Å². The predicted octanol–water partition coefficient (Wildman–Crippen LogP) is 3.63. The van der Waals surface area contributed by atoms with Gasteiger partial charge in [-0.15, -0.1) is 0 Å². The number of aromatic nitrogens is 2. The summed E-state index contributed by atoms with van der Waals surface area (Å²) in [5.41, 5.74) is 3.52. The third-order valence-electron chi connectivity index (χ3n) is 4.62. The molecule has 0 aliphatic carbocycles. The Morgan fingerprint density at radius 3 is 2.67 bits per heavy atom. The summed E-state index contributed by atoms with van der Waals surface area (Å²) in [7, 11) is 0. The molecule has 0 fully saturated rings. The van der Waals surface area contributed by atoms with Crippen LogP contribution in [0.15, 0.2) is 60.9 Å². The van der Waals surface area contributed by atoms with E-state index in [1.807, 2.05) is 12.1 Å². The standard InChI is InChI=1S/C21H19FN4O/c22-17-9-7-15(8-10-17)12-25-21(27)18-13-24-20(14-23-18)26-11-3-5-16-4-1-2-6-19(16)26/h1-2,4,6-10,13-14H,3,5,11-12H2,(H,25,27). The van der Waals surface area contributed by atoms with Crippen molar-refractivity contribution in [3.63, 3.8) is 0 Å². The number of hydrogen-bond donors (Lipinski definition) is 1. The zero-order valence-electron chi connectivity index (χ0n) is 14.7. The van der Waals surface area contributed by atoms with E-state index in [9.17, 15) is 9.18 Å². The van der Waals surface area contributed by atoms with E-state index in [1.165, 1.54) is 23.9 Å². The molecule has 1 aromatic heterocycles. The molecule has 0 unspecified atom stereocenters. The Morgan fingerprint density at radius 2 is 1.89 bits per heavy atom. The Bertz CT molecular complexity index is 941. The first-order valence-corrected chi connectivity index (χ1v) is 8.91. The smallest absolute Gasteiger partial charge is 0.271 e. The average Bonchev–Trinajstić information content (AvgIpc) is 2.73. The highest BCUT2D eigenvalue weighted by Crippen LogP contribution is 2.31. The number of benzene rings is 2. The summed E-state index contributed by atoms with van der Waals surface area (Å²) in [5, 5.41) is 2.77. The summed E-state index contributed by atoms with van der Waals surface area (Å²) in [4.78, 5) is 23.1. The van der Waals surface area contributed by atoms with Crippen LogP contribution in [0.3, 0.4) is 0 Å². The Labute approximate surface area is 156 Å². The number of anilines is 2. The molecule has 0 bridgehead atoms. The van der Waals surface area contributed by atoms with Crippen molar-refractivity contribution in [1.82, 2.24) is 15.3 Å². The summed E-state index contributed by atoms with van der Waals surface area (Å²) in [6.45, 7) is 1.18. The van der Waals surface area contributed by atoms with Crippen molar-refractivity contribution in [3.05, 3.63) is 83.6 Å². The molecule has 0 atom stereocenters. The molecule has 1 amide bonds. The number of aryl methyl sites for hydroxylation is 1. The van der Waals surface area contributed by atoms with Crippen LogP contribution in [0, 0.1) is 5.82 Å². The molecule has 0 radical (unpaired) electrons. The van der Waals surface area contributed by atoms with Crippen LogP contribution in [0.1, 0.15) is 28.0 Å². The Kier molecular flexibility index (Phi) is 4.78. The molecule has 4 rings (SSSR count). The van der Waals surface area contributed by atoms with Gasteiger partial charge in [-0.05, 0) is 42.2 Å². The Morgan fingerprint density at radius 1 is 1.07 bits per heavy atom. The molecule has 2 aromatic carbocycles. The van der Waals surface area contributed by atoms with Crippen LogP contribution >= 0.6 is 0 Å². The summed E-state index contributed by atoms with van der Waals surface area (Å²) < 4.78 is 12.9. The summed E-state index contributed by atoms with van der Waals surface area (Å²) in [6.07, 6.45) is 5.24. The van der Waals surface area contributed by atoms with Crippen LogP contribution in [0.25, 0.3) is 0 Å². The molecule has 6 heteroatoms. The SMILES string of the molecule is O=C(NCc1ccc(F)cc1)c1cnc(N2CCCc3ccccc32)cn1. The van der Waals surface area contributed by atoms with Crippen molar-refractivity contribution < 1.29 is 9.18 Å². The highest BCUT2D eigenvalue weighted by Gasteiger charge is 2.19. The molecular formula is C21H19FN4O. The zero-order chi connectivity index (χ0) is 18.6. The molecule has 3 aromatic rings. The molecule has 1 aliphatic rings. The second-order valence-corrected chi connectivity index (χ2v) is 6.45. The van der Waals surface area contributed by atoms with Gasteiger partial charge in [-0.3, -0.25) is 4.79 Å². The van der Waals surface area contributed by atoms with Gasteiger partial charge in [0, 0.05) is 18.8 Å². The summed E-state index contributed by atoms with van der Waals surface area (Å²) in [5.74, 6) is 0.125. The van der Waals surface area contributed by atoms with E-state index in [4.69, 9.17) is 0 Å². The van der Waals surface area contributed by atoms with Gasteiger partial charge in [0.2, 0.25) is 0 Å². The lowest BCUT2D eigenvalue weighted by Gasteiger charge is -2.30. The van der Waals surface area contributed by atoms with Crippen molar-refractivity contribution in [2.45, 2.75) is 19.4 Å². The summed E-state index contributed by atoms with van der Waals surface area (Å²) in [6, 6.07) is 14.3. The average molecular weight is 362 g/mol. The molecule has 0 spiro atoms.